The molecule has 0 radical (unpaired) electrons. The molecule has 0 fully saturated rings. The maximum absolute atomic E-state index is 11.9. The van der Waals surface area contributed by atoms with Gasteiger partial charge in [-0.3, -0.25) is 0 Å². The van der Waals surface area contributed by atoms with Crippen molar-refractivity contribution in [2.24, 2.45) is 0 Å². The molecule has 0 bridgehead atoms. The fourth-order valence-electron chi connectivity index (χ4n) is 0.777. The van der Waals surface area contributed by atoms with Gasteiger partial charge in [-0.05, 0) is 11.6 Å². The summed E-state index contributed by atoms with van der Waals surface area (Å²) >= 11 is 5.03. The zero-order valence-electron chi connectivity index (χ0n) is 6.48. The Morgan fingerprint density at radius 3 is 2.15 bits per heavy atom. The van der Waals surface area contributed by atoms with Gasteiger partial charge in [-0.15, -0.1) is 0 Å². The van der Waals surface area contributed by atoms with E-state index in [0.29, 0.717) is 5.56 Å². The van der Waals surface area contributed by atoms with Gasteiger partial charge in [-0.1, -0.05) is 41.9 Å². The third-order valence-electron chi connectivity index (χ3n) is 1.36. The Balaban J connectivity index is 2.90. The normalized spacial score (nSPS) is 13.1. The van der Waals surface area contributed by atoms with Crippen LogP contribution in [-0.2, 0) is 0 Å². The van der Waals surface area contributed by atoms with E-state index in [1.54, 1.807) is 30.3 Å². The molecule has 1 rings (SSSR count). The van der Waals surface area contributed by atoms with Gasteiger partial charge in [0.05, 0.1) is 0 Å². The summed E-state index contributed by atoms with van der Waals surface area (Å²) < 4.78 is 35.8. The van der Waals surface area contributed by atoms with E-state index in [2.05, 4.69) is 0 Å². The average molecular weight is 207 g/mol. The summed E-state index contributed by atoms with van der Waals surface area (Å²) in [5.74, 6) is 0. The highest BCUT2D eigenvalue weighted by Gasteiger charge is 2.32. The molecule has 1 aromatic carbocycles. The Morgan fingerprint density at radius 2 is 1.69 bits per heavy atom. The second-order valence-corrected chi connectivity index (χ2v) is 2.81. The van der Waals surface area contributed by atoms with Crippen LogP contribution in [0.15, 0.2) is 35.4 Å². The van der Waals surface area contributed by atoms with Crippen LogP contribution in [0, 0.1) is 0 Å². The first-order chi connectivity index (χ1) is 6.00. The summed E-state index contributed by atoms with van der Waals surface area (Å²) in [7, 11) is 0. The van der Waals surface area contributed by atoms with Crippen LogP contribution in [0.4, 0.5) is 13.2 Å². The first-order valence-electron chi connectivity index (χ1n) is 3.49. The van der Waals surface area contributed by atoms with Gasteiger partial charge in [0, 0.05) is 0 Å². The Labute approximate surface area is 78.6 Å². The molecular weight excluding hydrogens is 201 g/mol. The Bertz CT molecular complexity index is 300. The number of hydrogen-bond donors (Lipinski definition) is 0. The maximum atomic E-state index is 11.9. The molecule has 0 N–H and O–H groups in total. The van der Waals surface area contributed by atoms with E-state index in [9.17, 15) is 13.2 Å². The third kappa shape index (κ3) is 3.11. The number of halogens is 4. The number of rotatable bonds is 1. The van der Waals surface area contributed by atoms with Gasteiger partial charge in [0.25, 0.3) is 0 Å². The minimum atomic E-state index is -4.46. The number of allylic oxidation sites excluding steroid dienone is 1. The first-order valence-corrected chi connectivity index (χ1v) is 3.87. The third-order valence-corrected chi connectivity index (χ3v) is 1.69. The van der Waals surface area contributed by atoms with Crippen molar-refractivity contribution in [2.45, 2.75) is 6.18 Å². The smallest absolute Gasteiger partial charge is 0.165 e. The van der Waals surface area contributed by atoms with Crippen molar-refractivity contribution in [3.05, 3.63) is 40.9 Å². The van der Waals surface area contributed by atoms with Gasteiger partial charge in [-0.25, -0.2) is 0 Å². The highest BCUT2D eigenvalue weighted by Crippen LogP contribution is 2.30. The van der Waals surface area contributed by atoms with Gasteiger partial charge >= 0.3 is 6.18 Å². The van der Waals surface area contributed by atoms with Crippen LogP contribution in [0.25, 0.3) is 6.08 Å². The quantitative estimate of drug-likeness (QED) is 0.655. The number of hydrogen-bond acceptors (Lipinski definition) is 0. The van der Waals surface area contributed by atoms with Crippen LogP contribution in [-0.4, -0.2) is 6.18 Å². The molecule has 0 spiro atoms. The van der Waals surface area contributed by atoms with E-state index in [1.165, 1.54) is 0 Å². The Morgan fingerprint density at radius 1 is 1.15 bits per heavy atom. The summed E-state index contributed by atoms with van der Waals surface area (Å²) in [6.07, 6.45) is -3.57. The zero-order chi connectivity index (χ0) is 9.90. The minimum Gasteiger partial charge on any atom is -0.165 e. The molecule has 0 aliphatic carbocycles. The van der Waals surface area contributed by atoms with E-state index in [4.69, 9.17) is 11.6 Å². The van der Waals surface area contributed by atoms with Crippen molar-refractivity contribution in [1.29, 1.82) is 0 Å². The predicted molar refractivity (Wildman–Crippen MR) is 46.3 cm³/mol. The Kier molecular flexibility index (Phi) is 2.98. The molecule has 0 atom stereocenters. The van der Waals surface area contributed by atoms with E-state index in [-0.39, 0.29) is 0 Å². The van der Waals surface area contributed by atoms with Crippen LogP contribution in [0.2, 0.25) is 0 Å². The van der Waals surface area contributed by atoms with E-state index >= 15 is 0 Å². The summed E-state index contributed by atoms with van der Waals surface area (Å²) in [4.78, 5) is 0. The van der Waals surface area contributed by atoms with Crippen LogP contribution < -0.4 is 0 Å². The Hall–Kier alpha value is -0.960. The van der Waals surface area contributed by atoms with Crippen molar-refractivity contribution >= 4 is 17.7 Å². The highest BCUT2D eigenvalue weighted by atomic mass is 35.5. The van der Waals surface area contributed by atoms with Crippen LogP contribution in [0.5, 0.6) is 0 Å². The molecule has 0 unspecified atom stereocenters. The second-order valence-electron chi connectivity index (χ2n) is 2.40. The van der Waals surface area contributed by atoms with Gasteiger partial charge in [0.1, 0.15) is 5.03 Å². The first kappa shape index (κ1) is 10.1. The van der Waals surface area contributed by atoms with E-state index < -0.39 is 11.2 Å². The molecule has 1 aromatic rings. The SMILES string of the molecule is FC(F)(F)C(Cl)=Cc1ccccc1. The van der Waals surface area contributed by atoms with E-state index in [0.717, 1.165) is 6.08 Å². The maximum Gasteiger partial charge on any atom is 0.426 e. The molecule has 0 heterocycles. The molecular formula is C9H6ClF3. The molecule has 0 saturated carbocycles. The lowest BCUT2D eigenvalue weighted by Crippen LogP contribution is -2.06. The lowest BCUT2D eigenvalue weighted by atomic mass is 10.2. The number of alkyl halides is 3. The molecule has 0 saturated heterocycles. The van der Waals surface area contributed by atoms with Gasteiger partial charge in [-0.2, -0.15) is 13.2 Å². The molecule has 13 heavy (non-hydrogen) atoms. The highest BCUT2D eigenvalue weighted by molar-refractivity contribution is 6.32. The van der Waals surface area contributed by atoms with Crippen LogP contribution in [0.1, 0.15) is 5.56 Å². The summed E-state index contributed by atoms with van der Waals surface area (Å²) in [6.45, 7) is 0. The molecule has 0 nitrogen and oxygen atoms in total. The molecule has 0 aliphatic rings. The van der Waals surface area contributed by atoms with Crippen molar-refractivity contribution in [3.8, 4) is 0 Å². The van der Waals surface area contributed by atoms with Crippen LogP contribution in [0.3, 0.4) is 0 Å². The van der Waals surface area contributed by atoms with Crippen molar-refractivity contribution in [3.63, 3.8) is 0 Å². The van der Waals surface area contributed by atoms with Gasteiger partial charge in [0.2, 0.25) is 0 Å². The summed E-state index contributed by atoms with van der Waals surface area (Å²) in [5, 5.41) is -1.11. The fraction of sp³-hybridized carbons (Fsp3) is 0.111. The molecule has 0 amide bonds. The predicted octanol–water partition coefficient (Wildman–Crippen LogP) is 3.83. The monoisotopic (exact) mass is 206 g/mol. The van der Waals surface area contributed by atoms with Gasteiger partial charge < -0.3 is 0 Å². The van der Waals surface area contributed by atoms with Crippen molar-refractivity contribution < 1.29 is 13.2 Å². The summed E-state index contributed by atoms with van der Waals surface area (Å²) in [6, 6.07) is 8.11. The van der Waals surface area contributed by atoms with E-state index in [1.807, 2.05) is 0 Å². The second kappa shape index (κ2) is 3.83. The van der Waals surface area contributed by atoms with Gasteiger partial charge in [0.15, 0.2) is 0 Å². The average Bonchev–Trinajstić information content (AvgIpc) is 2.04. The zero-order valence-corrected chi connectivity index (χ0v) is 7.23. The molecule has 4 heteroatoms. The number of benzene rings is 1. The lowest BCUT2D eigenvalue weighted by Gasteiger charge is -2.03. The lowest BCUT2D eigenvalue weighted by molar-refractivity contribution is -0.0836. The molecule has 0 aliphatic heterocycles. The van der Waals surface area contributed by atoms with Crippen molar-refractivity contribution in [1.82, 2.24) is 0 Å². The fourth-order valence-corrected chi connectivity index (χ4v) is 0.903. The minimum absolute atomic E-state index is 0.435. The van der Waals surface area contributed by atoms with Crippen molar-refractivity contribution in [2.75, 3.05) is 0 Å². The largest absolute Gasteiger partial charge is 0.426 e. The van der Waals surface area contributed by atoms with Crippen LogP contribution >= 0.6 is 11.6 Å². The standard InChI is InChI=1S/C9H6ClF3/c10-8(9(11,12)13)6-7-4-2-1-3-5-7/h1-6H. The molecule has 70 valence electrons. The molecule has 0 aromatic heterocycles. The topological polar surface area (TPSA) is 0 Å². The summed E-state index contributed by atoms with van der Waals surface area (Å²) in [5.41, 5.74) is 0.435.